The molecule has 0 fully saturated rings. The highest BCUT2D eigenvalue weighted by molar-refractivity contribution is 6.13. The van der Waals surface area contributed by atoms with Gasteiger partial charge in [0.2, 0.25) is 0 Å². The fourth-order valence-electron chi connectivity index (χ4n) is 2.34. The van der Waals surface area contributed by atoms with Crippen molar-refractivity contribution in [2.75, 3.05) is 5.43 Å². The number of alkyl halides is 3. The topological polar surface area (TPSA) is 24.4 Å². The number of halogens is 3. The average molecular weight is 340 g/mol. The SMILES string of the molecule is FC(F)(F)c1ccc(NN=C(c2ccccc2)c2ccccc2)cc1. The Morgan fingerprint density at radius 1 is 0.680 bits per heavy atom. The van der Waals surface area contributed by atoms with Crippen molar-refractivity contribution in [1.82, 2.24) is 0 Å². The Kier molecular flexibility index (Phi) is 4.84. The summed E-state index contributed by atoms with van der Waals surface area (Å²) in [6.07, 6.45) is -4.35. The zero-order valence-corrected chi connectivity index (χ0v) is 13.2. The van der Waals surface area contributed by atoms with Crippen LogP contribution in [0, 0.1) is 0 Å². The number of hydrogen-bond donors (Lipinski definition) is 1. The summed E-state index contributed by atoms with van der Waals surface area (Å²) in [4.78, 5) is 0. The summed E-state index contributed by atoms with van der Waals surface area (Å²) >= 11 is 0. The third-order valence-electron chi connectivity index (χ3n) is 3.60. The minimum Gasteiger partial charge on any atom is -0.278 e. The van der Waals surface area contributed by atoms with Gasteiger partial charge >= 0.3 is 6.18 Å². The zero-order valence-electron chi connectivity index (χ0n) is 13.2. The zero-order chi connectivity index (χ0) is 17.7. The lowest BCUT2D eigenvalue weighted by molar-refractivity contribution is -0.137. The minimum absolute atomic E-state index is 0.484. The first-order valence-corrected chi connectivity index (χ1v) is 7.66. The lowest BCUT2D eigenvalue weighted by Gasteiger charge is -2.10. The van der Waals surface area contributed by atoms with Gasteiger partial charge in [0.1, 0.15) is 0 Å². The second kappa shape index (κ2) is 7.21. The number of hydrogen-bond acceptors (Lipinski definition) is 2. The maximum Gasteiger partial charge on any atom is 0.416 e. The second-order valence-electron chi connectivity index (χ2n) is 5.38. The Morgan fingerprint density at radius 2 is 1.16 bits per heavy atom. The molecule has 0 aliphatic carbocycles. The molecule has 0 atom stereocenters. The first-order chi connectivity index (χ1) is 12.0. The van der Waals surface area contributed by atoms with Crippen molar-refractivity contribution in [2.45, 2.75) is 6.18 Å². The number of anilines is 1. The Bertz CT molecular complexity index is 798. The van der Waals surface area contributed by atoms with Crippen LogP contribution >= 0.6 is 0 Å². The van der Waals surface area contributed by atoms with Gasteiger partial charge in [0.25, 0.3) is 0 Å². The number of benzene rings is 3. The lowest BCUT2D eigenvalue weighted by Crippen LogP contribution is -2.07. The van der Waals surface area contributed by atoms with Crippen molar-refractivity contribution in [3.05, 3.63) is 102 Å². The molecule has 1 N–H and O–H groups in total. The molecule has 126 valence electrons. The molecular formula is C20H15F3N2. The third-order valence-corrected chi connectivity index (χ3v) is 3.60. The molecule has 0 bridgehead atoms. The molecule has 3 rings (SSSR count). The van der Waals surface area contributed by atoms with E-state index in [-0.39, 0.29) is 0 Å². The second-order valence-corrected chi connectivity index (χ2v) is 5.38. The van der Waals surface area contributed by atoms with Crippen molar-refractivity contribution >= 4 is 11.4 Å². The summed E-state index contributed by atoms with van der Waals surface area (Å²) in [7, 11) is 0. The summed E-state index contributed by atoms with van der Waals surface area (Å²) in [6.45, 7) is 0. The van der Waals surface area contributed by atoms with E-state index in [1.807, 2.05) is 60.7 Å². The van der Waals surface area contributed by atoms with Crippen LogP contribution in [0.2, 0.25) is 0 Å². The summed E-state index contributed by atoms with van der Waals surface area (Å²) < 4.78 is 37.9. The molecule has 0 aliphatic rings. The average Bonchev–Trinajstić information content (AvgIpc) is 2.63. The first-order valence-electron chi connectivity index (χ1n) is 7.66. The quantitative estimate of drug-likeness (QED) is 0.487. The molecule has 5 heteroatoms. The molecular weight excluding hydrogens is 325 g/mol. The van der Waals surface area contributed by atoms with E-state index in [0.29, 0.717) is 11.4 Å². The highest BCUT2D eigenvalue weighted by Gasteiger charge is 2.29. The normalized spacial score (nSPS) is 11.0. The monoisotopic (exact) mass is 340 g/mol. The van der Waals surface area contributed by atoms with Gasteiger partial charge in [0.05, 0.1) is 17.0 Å². The largest absolute Gasteiger partial charge is 0.416 e. The molecule has 3 aromatic carbocycles. The van der Waals surface area contributed by atoms with E-state index in [9.17, 15) is 13.2 Å². The molecule has 0 spiro atoms. The molecule has 0 saturated carbocycles. The van der Waals surface area contributed by atoms with Gasteiger partial charge in [0.15, 0.2) is 0 Å². The fourth-order valence-corrected chi connectivity index (χ4v) is 2.34. The Balaban J connectivity index is 1.89. The Labute approximate surface area is 143 Å². The van der Waals surface area contributed by atoms with Crippen LogP contribution in [0.15, 0.2) is 90.0 Å². The molecule has 0 heterocycles. The predicted octanol–water partition coefficient (Wildman–Crippen LogP) is 5.57. The van der Waals surface area contributed by atoms with E-state index in [1.165, 1.54) is 12.1 Å². The molecule has 0 radical (unpaired) electrons. The number of hydrazone groups is 1. The van der Waals surface area contributed by atoms with Crippen LogP contribution in [0.3, 0.4) is 0 Å². The van der Waals surface area contributed by atoms with Crippen LogP contribution in [-0.2, 0) is 6.18 Å². The molecule has 0 amide bonds. The Hall–Kier alpha value is -3.08. The summed E-state index contributed by atoms with van der Waals surface area (Å²) in [5, 5.41) is 4.41. The van der Waals surface area contributed by atoms with Crippen LogP contribution in [-0.4, -0.2) is 5.71 Å². The highest BCUT2D eigenvalue weighted by atomic mass is 19.4. The lowest BCUT2D eigenvalue weighted by atomic mass is 10.0. The molecule has 0 unspecified atom stereocenters. The minimum atomic E-state index is -4.35. The van der Waals surface area contributed by atoms with Crippen LogP contribution in [0.25, 0.3) is 0 Å². The van der Waals surface area contributed by atoms with Crippen molar-refractivity contribution < 1.29 is 13.2 Å². The maximum atomic E-state index is 12.6. The summed E-state index contributed by atoms with van der Waals surface area (Å²) in [6, 6.07) is 24.0. The molecule has 2 nitrogen and oxygen atoms in total. The number of nitrogens with one attached hydrogen (secondary N) is 1. The van der Waals surface area contributed by atoms with Gasteiger partial charge in [-0.3, -0.25) is 5.43 Å². The van der Waals surface area contributed by atoms with Crippen LogP contribution in [0.5, 0.6) is 0 Å². The first kappa shape index (κ1) is 16.8. The molecule has 0 aromatic heterocycles. The summed E-state index contributed by atoms with van der Waals surface area (Å²) in [5.41, 5.74) is 5.17. The Morgan fingerprint density at radius 3 is 1.60 bits per heavy atom. The number of rotatable bonds is 4. The van der Waals surface area contributed by atoms with Crippen LogP contribution in [0.1, 0.15) is 16.7 Å². The molecule has 0 aliphatic heterocycles. The molecule has 3 aromatic rings. The molecule has 0 saturated heterocycles. The van der Waals surface area contributed by atoms with Gasteiger partial charge < -0.3 is 0 Å². The van der Waals surface area contributed by atoms with Crippen molar-refractivity contribution in [2.24, 2.45) is 5.10 Å². The van der Waals surface area contributed by atoms with E-state index in [1.54, 1.807) is 0 Å². The maximum absolute atomic E-state index is 12.6. The van der Waals surface area contributed by atoms with E-state index in [0.717, 1.165) is 23.3 Å². The smallest absolute Gasteiger partial charge is 0.278 e. The standard InChI is InChI=1S/C20H15F3N2/c21-20(22,23)17-11-13-18(14-12-17)24-25-19(15-7-3-1-4-8-15)16-9-5-2-6-10-16/h1-14,24H. The van der Waals surface area contributed by atoms with Crippen molar-refractivity contribution in [3.63, 3.8) is 0 Å². The van der Waals surface area contributed by atoms with Gasteiger partial charge in [-0.25, -0.2) is 0 Å². The van der Waals surface area contributed by atoms with Gasteiger partial charge in [-0.05, 0) is 24.3 Å². The van der Waals surface area contributed by atoms with E-state index >= 15 is 0 Å². The van der Waals surface area contributed by atoms with Gasteiger partial charge in [-0.2, -0.15) is 18.3 Å². The van der Waals surface area contributed by atoms with Crippen LogP contribution in [0.4, 0.5) is 18.9 Å². The van der Waals surface area contributed by atoms with Crippen LogP contribution < -0.4 is 5.43 Å². The van der Waals surface area contributed by atoms with E-state index in [4.69, 9.17) is 0 Å². The third kappa shape index (κ3) is 4.26. The van der Waals surface area contributed by atoms with Crippen molar-refractivity contribution in [1.29, 1.82) is 0 Å². The predicted molar refractivity (Wildman–Crippen MR) is 93.6 cm³/mol. The van der Waals surface area contributed by atoms with Crippen molar-refractivity contribution in [3.8, 4) is 0 Å². The van der Waals surface area contributed by atoms with E-state index < -0.39 is 11.7 Å². The summed E-state index contributed by atoms with van der Waals surface area (Å²) in [5.74, 6) is 0. The highest BCUT2D eigenvalue weighted by Crippen LogP contribution is 2.29. The number of nitrogens with zero attached hydrogens (tertiary/aromatic N) is 1. The fraction of sp³-hybridized carbons (Fsp3) is 0.0500. The van der Waals surface area contributed by atoms with Gasteiger partial charge in [0, 0.05) is 11.1 Å². The van der Waals surface area contributed by atoms with Gasteiger partial charge in [-0.15, -0.1) is 0 Å². The molecule has 25 heavy (non-hydrogen) atoms. The van der Waals surface area contributed by atoms with E-state index in [2.05, 4.69) is 10.5 Å². The van der Waals surface area contributed by atoms with Gasteiger partial charge in [-0.1, -0.05) is 60.7 Å².